The Morgan fingerprint density at radius 3 is 1.65 bits per heavy atom. The van der Waals surface area contributed by atoms with Crippen LogP contribution in [0, 0.1) is 11.3 Å². The molecular weight excluding hydrogens is 204 g/mol. The Labute approximate surface area is 108 Å². The van der Waals surface area contributed by atoms with Crippen molar-refractivity contribution < 1.29 is 0 Å². The molecule has 17 heavy (non-hydrogen) atoms. The number of rotatable bonds is 3. The molecule has 0 N–H and O–H groups in total. The molecule has 0 radical (unpaired) electrons. The van der Waals surface area contributed by atoms with Gasteiger partial charge in [-0.05, 0) is 35.3 Å². The molecule has 98 valence electrons. The Hall–Kier alpha value is -0.780. The maximum atomic E-state index is 2.29. The minimum atomic E-state index is 0.388. The smallest absolute Gasteiger partial charge is 0.0230 e. The van der Waals surface area contributed by atoms with E-state index in [4.69, 9.17) is 0 Å². The van der Waals surface area contributed by atoms with Crippen LogP contribution in [-0.4, -0.2) is 0 Å². The Bertz CT molecular complexity index is 285. The fourth-order valence-electron chi connectivity index (χ4n) is 1.88. The van der Waals surface area contributed by atoms with Gasteiger partial charge in [-0.15, -0.1) is 0 Å². The Balaban J connectivity index is 0.00000121. The fraction of sp³-hybridized carbons (Fsp3) is 0.647. The van der Waals surface area contributed by atoms with E-state index in [1.54, 1.807) is 0 Å². The third-order valence-corrected chi connectivity index (χ3v) is 2.40. The first-order chi connectivity index (χ1) is 7.87. The molecule has 0 aliphatic carbocycles. The lowest BCUT2D eigenvalue weighted by molar-refractivity contribution is 0.411. The highest BCUT2D eigenvalue weighted by molar-refractivity contribution is 5.23. The van der Waals surface area contributed by atoms with Crippen molar-refractivity contribution in [2.45, 2.75) is 61.3 Å². The van der Waals surface area contributed by atoms with Gasteiger partial charge in [-0.3, -0.25) is 0 Å². The average Bonchev–Trinajstić information content (AvgIpc) is 2.21. The topological polar surface area (TPSA) is 0 Å². The van der Waals surface area contributed by atoms with Crippen LogP contribution in [0.5, 0.6) is 0 Å². The van der Waals surface area contributed by atoms with Crippen molar-refractivity contribution >= 4 is 0 Å². The summed E-state index contributed by atoms with van der Waals surface area (Å²) in [5, 5.41) is 0. The maximum absolute atomic E-state index is 2.29. The van der Waals surface area contributed by atoms with E-state index in [0.29, 0.717) is 5.41 Å². The van der Waals surface area contributed by atoms with Crippen LogP contribution in [0.4, 0.5) is 0 Å². The van der Waals surface area contributed by atoms with Gasteiger partial charge in [0.2, 0.25) is 0 Å². The second-order valence-electron chi connectivity index (χ2n) is 6.15. The van der Waals surface area contributed by atoms with Gasteiger partial charge in [0.15, 0.2) is 0 Å². The molecule has 0 saturated heterocycles. The monoisotopic (exact) mass is 234 g/mol. The summed E-state index contributed by atoms with van der Waals surface area (Å²) in [4.78, 5) is 0. The van der Waals surface area contributed by atoms with Crippen LogP contribution >= 0.6 is 0 Å². The minimum Gasteiger partial charge on any atom is -0.0683 e. The van der Waals surface area contributed by atoms with Crippen LogP contribution in [0.25, 0.3) is 0 Å². The summed E-state index contributed by atoms with van der Waals surface area (Å²) < 4.78 is 0. The highest BCUT2D eigenvalue weighted by atomic mass is 14.2. The van der Waals surface area contributed by atoms with Gasteiger partial charge < -0.3 is 0 Å². The molecule has 0 heteroatoms. The third kappa shape index (κ3) is 8.01. The molecule has 1 rings (SSSR count). The van der Waals surface area contributed by atoms with Crippen molar-refractivity contribution in [3.05, 3.63) is 35.4 Å². The molecule has 0 bridgehead atoms. The fourth-order valence-corrected chi connectivity index (χ4v) is 1.88. The van der Waals surface area contributed by atoms with Gasteiger partial charge in [-0.25, -0.2) is 0 Å². The van der Waals surface area contributed by atoms with E-state index in [1.165, 1.54) is 17.5 Å². The van der Waals surface area contributed by atoms with Gasteiger partial charge in [-0.1, -0.05) is 72.7 Å². The van der Waals surface area contributed by atoms with Crippen LogP contribution < -0.4 is 0 Å². The van der Waals surface area contributed by atoms with Gasteiger partial charge in [0.1, 0.15) is 0 Å². The maximum Gasteiger partial charge on any atom is -0.0230 e. The predicted octanol–water partition coefficient (Wildman–Crippen LogP) is 5.50. The standard InChI is InChI=1S/C15H24.C2H6/c1-12(2)10-13-6-8-14(9-7-13)11-15(3,4)5;1-2/h6-9,12H,10-11H2,1-5H3;1-2H3. The van der Waals surface area contributed by atoms with Crippen LogP contribution in [0.1, 0.15) is 59.6 Å². The first-order valence-corrected chi connectivity index (χ1v) is 6.94. The highest BCUT2D eigenvalue weighted by Crippen LogP contribution is 2.21. The molecule has 1 aromatic carbocycles. The summed E-state index contributed by atoms with van der Waals surface area (Å²) in [7, 11) is 0. The number of hydrogen-bond donors (Lipinski definition) is 0. The summed E-state index contributed by atoms with van der Waals surface area (Å²) in [5.41, 5.74) is 3.30. The molecule has 0 fully saturated rings. The quantitative estimate of drug-likeness (QED) is 0.648. The molecule has 0 aromatic heterocycles. The lowest BCUT2D eigenvalue weighted by Gasteiger charge is -2.18. The molecule has 0 saturated carbocycles. The normalized spacial score (nSPS) is 11.1. The van der Waals surface area contributed by atoms with Gasteiger partial charge in [0.25, 0.3) is 0 Å². The van der Waals surface area contributed by atoms with E-state index in [-0.39, 0.29) is 0 Å². The SMILES string of the molecule is CC.CC(C)Cc1ccc(CC(C)(C)C)cc1. The van der Waals surface area contributed by atoms with E-state index in [2.05, 4.69) is 58.9 Å². The largest absolute Gasteiger partial charge is 0.0683 e. The molecule has 0 aliphatic heterocycles. The predicted molar refractivity (Wildman–Crippen MR) is 79.5 cm³/mol. The summed E-state index contributed by atoms with van der Waals surface area (Å²) in [6.07, 6.45) is 2.35. The zero-order valence-electron chi connectivity index (χ0n) is 12.8. The van der Waals surface area contributed by atoms with E-state index >= 15 is 0 Å². The molecular formula is C17H30. The highest BCUT2D eigenvalue weighted by Gasteiger charge is 2.10. The molecule has 0 nitrogen and oxygen atoms in total. The van der Waals surface area contributed by atoms with Gasteiger partial charge in [-0.2, -0.15) is 0 Å². The van der Waals surface area contributed by atoms with Crippen LogP contribution in [0.15, 0.2) is 24.3 Å². The zero-order valence-corrected chi connectivity index (χ0v) is 12.8. The van der Waals surface area contributed by atoms with Crippen LogP contribution in [0.2, 0.25) is 0 Å². The van der Waals surface area contributed by atoms with Crippen LogP contribution in [0.3, 0.4) is 0 Å². The molecule has 0 heterocycles. The van der Waals surface area contributed by atoms with Crippen molar-refractivity contribution in [3.8, 4) is 0 Å². The summed E-state index contributed by atoms with van der Waals surface area (Å²) in [6.45, 7) is 15.4. The molecule has 0 amide bonds. The van der Waals surface area contributed by atoms with E-state index in [0.717, 1.165) is 12.3 Å². The number of benzene rings is 1. The first kappa shape index (κ1) is 16.2. The summed E-state index contributed by atoms with van der Waals surface area (Å²) in [5.74, 6) is 0.749. The molecule has 0 unspecified atom stereocenters. The van der Waals surface area contributed by atoms with E-state index < -0.39 is 0 Å². The zero-order chi connectivity index (χ0) is 13.5. The third-order valence-electron chi connectivity index (χ3n) is 2.40. The average molecular weight is 234 g/mol. The van der Waals surface area contributed by atoms with Crippen LogP contribution in [-0.2, 0) is 12.8 Å². The molecule has 1 aromatic rings. The van der Waals surface area contributed by atoms with Crippen molar-refractivity contribution in [1.82, 2.24) is 0 Å². The van der Waals surface area contributed by atoms with E-state index in [9.17, 15) is 0 Å². The molecule has 0 spiro atoms. The second-order valence-corrected chi connectivity index (χ2v) is 6.15. The lowest BCUT2D eigenvalue weighted by atomic mass is 9.87. The number of hydrogen-bond acceptors (Lipinski definition) is 0. The van der Waals surface area contributed by atoms with Crippen molar-refractivity contribution in [2.24, 2.45) is 11.3 Å². The van der Waals surface area contributed by atoms with Gasteiger partial charge >= 0.3 is 0 Å². The van der Waals surface area contributed by atoms with Crippen molar-refractivity contribution in [3.63, 3.8) is 0 Å². The molecule has 0 aliphatic rings. The summed E-state index contributed by atoms with van der Waals surface area (Å²) in [6, 6.07) is 9.12. The Kier molecular flexibility index (Phi) is 7.18. The summed E-state index contributed by atoms with van der Waals surface area (Å²) >= 11 is 0. The molecule has 0 atom stereocenters. The van der Waals surface area contributed by atoms with Crippen molar-refractivity contribution in [1.29, 1.82) is 0 Å². The Morgan fingerprint density at radius 1 is 0.882 bits per heavy atom. The lowest BCUT2D eigenvalue weighted by Crippen LogP contribution is -2.09. The minimum absolute atomic E-state index is 0.388. The van der Waals surface area contributed by atoms with E-state index in [1.807, 2.05) is 13.8 Å². The first-order valence-electron chi connectivity index (χ1n) is 6.94. The van der Waals surface area contributed by atoms with Gasteiger partial charge in [0, 0.05) is 0 Å². The Morgan fingerprint density at radius 2 is 1.29 bits per heavy atom. The second kappa shape index (κ2) is 7.53. The van der Waals surface area contributed by atoms with Crippen molar-refractivity contribution in [2.75, 3.05) is 0 Å². The van der Waals surface area contributed by atoms with Gasteiger partial charge in [0.05, 0.1) is 0 Å².